The molecule has 1 heterocycles. The number of hydrogen-bond donors (Lipinski definition) is 2. The van der Waals surface area contributed by atoms with E-state index in [9.17, 15) is 9.59 Å². The van der Waals surface area contributed by atoms with Gasteiger partial charge >= 0.3 is 6.09 Å². The van der Waals surface area contributed by atoms with Crippen LogP contribution in [0.15, 0.2) is 24.4 Å². The van der Waals surface area contributed by atoms with Crippen LogP contribution in [0.3, 0.4) is 0 Å². The number of carbonyl (C=O) groups excluding carboxylic acids is 2. The maximum Gasteiger partial charge on any atom is 0.408 e. The Hall–Kier alpha value is -2.11. The fourth-order valence-corrected chi connectivity index (χ4v) is 1.59. The van der Waals surface area contributed by atoms with Crippen molar-refractivity contribution < 1.29 is 14.3 Å². The number of nitrogens with zero attached hydrogens (tertiary/aromatic N) is 1. The van der Waals surface area contributed by atoms with Gasteiger partial charge in [-0.05, 0) is 46.8 Å². The first-order valence-electron chi connectivity index (χ1n) is 6.90. The van der Waals surface area contributed by atoms with E-state index in [2.05, 4.69) is 15.6 Å². The van der Waals surface area contributed by atoms with E-state index in [1.165, 1.54) is 0 Å². The molecule has 0 spiro atoms. The highest BCUT2D eigenvalue weighted by Crippen LogP contribution is 2.09. The lowest BCUT2D eigenvalue weighted by Gasteiger charge is -2.22. The smallest absolute Gasteiger partial charge is 0.408 e. The molecule has 0 bridgehead atoms. The summed E-state index contributed by atoms with van der Waals surface area (Å²) in [6.07, 6.45) is 1.05. The molecule has 21 heavy (non-hydrogen) atoms. The molecule has 116 valence electrons. The number of rotatable bonds is 4. The molecule has 0 saturated heterocycles. The lowest BCUT2D eigenvalue weighted by Crippen LogP contribution is -2.47. The van der Waals surface area contributed by atoms with Crippen molar-refractivity contribution in [3.8, 4) is 0 Å². The van der Waals surface area contributed by atoms with E-state index >= 15 is 0 Å². The molecule has 2 amide bonds. The molecule has 0 unspecified atom stereocenters. The summed E-state index contributed by atoms with van der Waals surface area (Å²) in [6, 6.07) is 4.57. The summed E-state index contributed by atoms with van der Waals surface area (Å²) < 4.78 is 5.11. The Morgan fingerprint density at radius 3 is 2.38 bits per heavy atom. The lowest BCUT2D eigenvalue weighted by molar-refractivity contribution is -0.123. The standard InChI is InChI=1S/C15H23N3O3/c1-10(12-8-6-7-9-16-12)17-13(19)11(2)18-14(20)21-15(3,4)5/h6-11H,1-5H3,(H,17,19)(H,18,20)/t10-,11-/m1/s1. The van der Waals surface area contributed by atoms with Gasteiger partial charge in [0, 0.05) is 6.20 Å². The summed E-state index contributed by atoms with van der Waals surface area (Å²) in [6.45, 7) is 8.73. The predicted molar refractivity (Wildman–Crippen MR) is 79.6 cm³/mol. The molecule has 1 aromatic heterocycles. The molecule has 6 nitrogen and oxygen atoms in total. The second-order valence-corrected chi connectivity index (χ2v) is 5.85. The van der Waals surface area contributed by atoms with Crippen molar-refractivity contribution in [2.75, 3.05) is 0 Å². The average Bonchev–Trinajstić information content (AvgIpc) is 2.37. The van der Waals surface area contributed by atoms with Crippen LogP contribution in [0.25, 0.3) is 0 Å². The SMILES string of the molecule is C[C@@H](NC(=O)OC(C)(C)C)C(=O)N[C@H](C)c1ccccn1. The number of aromatic nitrogens is 1. The van der Waals surface area contributed by atoms with Crippen LogP contribution in [0.5, 0.6) is 0 Å². The van der Waals surface area contributed by atoms with E-state index in [1.807, 2.05) is 25.1 Å². The molecule has 1 aromatic rings. The van der Waals surface area contributed by atoms with Crippen molar-refractivity contribution in [3.63, 3.8) is 0 Å². The Morgan fingerprint density at radius 1 is 1.19 bits per heavy atom. The average molecular weight is 293 g/mol. The van der Waals surface area contributed by atoms with Crippen molar-refractivity contribution in [2.45, 2.75) is 52.3 Å². The number of ether oxygens (including phenoxy) is 1. The first kappa shape index (κ1) is 16.9. The van der Waals surface area contributed by atoms with E-state index in [1.54, 1.807) is 33.9 Å². The minimum Gasteiger partial charge on any atom is -0.444 e. The van der Waals surface area contributed by atoms with E-state index in [-0.39, 0.29) is 11.9 Å². The minimum atomic E-state index is -0.689. The van der Waals surface area contributed by atoms with Crippen LogP contribution in [-0.4, -0.2) is 28.6 Å². The fourth-order valence-electron chi connectivity index (χ4n) is 1.59. The highest BCUT2D eigenvalue weighted by molar-refractivity contribution is 5.85. The van der Waals surface area contributed by atoms with E-state index in [0.29, 0.717) is 0 Å². The van der Waals surface area contributed by atoms with Crippen LogP contribution in [0.1, 0.15) is 46.4 Å². The number of hydrogen-bond acceptors (Lipinski definition) is 4. The van der Waals surface area contributed by atoms with Gasteiger partial charge in [0.15, 0.2) is 0 Å². The zero-order chi connectivity index (χ0) is 16.0. The summed E-state index contributed by atoms with van der Waals surface area (Å²) in [7, 11) is 0. The molecule has 2 N–H and O–H groups in total. The van der Waals surface area contributed by atoms with Crippen molar-refractivity contribution in [3.05, 3.63) is 30.1 Å². The van der Waals surface area contributed by atoms with Crippen LogP contribution < -0.4 is 10.6 Å². The maximum atomic E-state index is 12.0. The molecule has 6 heteroatoms. The van der Waals surface area contributed by atoms with Crippen molar-refractivity contribution in [2.24, 2.45) is 0 Å². The van der Waals surface area contributed by atoms with Gasteiger partial charge in [-0.2, -0.15) is 0 Å². The number of nitrogens with one attached hydrogen (secondary N) is 2. The normalized spacial score (nSPS) is 14.0. The van der Waals surface area contributed by atoms with Crippen molar-refractivity contribution in [1.29, 1.82) is 0 Å². The van der Waals surface area contributed by atoms with Crippen LogP contribution in [-0.2, 0) is 9.53 Å². The molecule has 0 aliphatic heterocycles. The molecule has 0 fully saturated rings. The third-order valence-electron chi connectivity index (χ3n) is 2.62. The molecule has 0 saturated carbocycles. The molecule has 0 aromatic carbocycles. The summed E-state index contributed by atoms with van der Waals surface area (Å²) in [4.78, 5) is 27.8. The highest BCUT2D eigenvalue weighted by atomic mass is 16.6. The summed E-state index contributed by atoms with van der Waals surface area (Å²) in [5.41, 5.74) is 0.164. The molecule has 0 aliphatic carbocycles. The highest BCUT2D eigenvalue weighted by Gasteiger charge is 2.22. The second kappa shape index (κ2) is 7.06. The van der Waals surface area contributed by atoms with Crippen LogP contribution >= 0.6 is 0 Å². The number of carbonyl (C=O) groups is 2. The quantitative estimate of drug-likeness (QED) is 0.891. The van der Waals surface area contributed by atoms with Gasteiger partial charge in [0.2, 0.25) is 5.91 Å². The monoisotopic (exact) mass is 293 g/mol. The molecule has 0 aliphatic rings. The third-order valence-corrected chi connectivity index (χ3v) is 2.62. The Kier molecular flexibility index (Phi) is 5.69. The first-order chi connectivity index (χ1) is 9.69. The Balaban J connectivity index is 2.50. The van der Waals surface area contributed by atoms with Crippen molar-refractivity contribution in [1.82, 2.24) is 15.6 Å². The Bertz CT molecular complexity index is 483. The van der Waals surface area contributed by atoms with Gasteiger partial charge in [0.25, 0.3) is 0 Å². The fraction of sp³-hybridized carbons (Fsp3) is 0.533. The van der Waals surface area contributed by atoms with E-state index in [4.69, 9.17) is 4.74 Å². The van der Waals surface area contributed by atoms with Crippen LogP contribution in [0, 0.1) is 0 Å². The van der Waals surface area contributed by atoms with Gasteiger partial charge in [-0.25, -0.2) is 4.79 Å². The topological polar surface area (TPSA) is 80.3 Å². The Morgan fingerprint density at radius 2 is 1.86 bits per heavy atom. The van der Waals surface area contributed by atoms with E-state index < -0.39 is 17.7 Å². The van der Waals surface area contributed by atoms with Gasteiger partial charge in [-0.1, -0.05) is 6.07 Å². The van der Waals surface area contributed by atoms with Gasteiger partial charge in [-0.15, -0.1) is 0 Å². The molecule has 1 rings (SSSR count). The van der Waals surface area contributed by atoms with Crippen molar-refractivity contribution >= 4 is 12.0 Å². The second-order valence-electron chi connectivity index (χ2n) is 5.85. The number of pyridine rings is 1. The lowest BCUT2D eigenvalue weighted by atomic mass is 10.2. The summed E-state index contributed by atoms with van der Waals surface area (Å²) >= 11 is 0. The summed E-state index contributed by atoms with van der Waals surface area (Å²) in [5, 5.41) is 5.29. The molecular formula is C15H23N3O3. The zero-order valence-corrected chi connectivity index (χ0v) is 13.1. The maximum absolute atomic E-state index is 12.0. The van der Waals surface area contributed by atoms with Crippen LogP contribution in [0.2, 0.25) is 0 Å². The van der Waals surface area contributed by atoms with E-state index in [0.717, 1.165) is 5.69 Å². The van der Waals surface area contributed by atoms with Gasteiger partial charge in [-0.3, -0.25) is 9.78 Å². The Labute approximate surface area is 125 Å². The van der Waals surface area contributed by atoms with Gasteiger partial charge in [0.1, 0.15) is 11.6 Å². The first-order valence-corrected chi connectivity index (χ1v) is 6.90. The number of alkyl carbamates (subject to hydrolysis) is 1. The van der Waals surface area contributed by atoms with Gasteiger partial charge in [0.05, 0.1) is 11.7 Å². The molecular weight excluding hydrogens is 270 g/mol. The third kappa shape index (κ3) is 6.25. The van der Waals surface area contributed by atoms with Gasteiger partial charge < -0.3 is 15.4 Å². The predicted octanol–water partition coefficient (Wildman–Crippen LogP) is 2.17. The zero-order valence-electron chi connectivity index (χ0n) is 13.1. The van der Waals surface area contributed by atoms with Crippen LogP contribution in [0.4, 0.5) is 4.79 Å². The molecule has 0 radical (unpaired) electrons. The largest absolute Gasteiger partial charge is 0.444 e. The number of amides is 2. The summed E-state index contributed by atoms with van der Waals surface area (Å²) in [5.74, 6) is -0.293. The molecule has 2 atom stereocenters. The minimum absolute atomic E-state index is 0.235.